The SMILES string of the molecule is CC1(C)CCc2cc(Br)ccc2O1. The monoisotopic (exact) mass is 240 g/mol. The Balaban J connectivity index is 2.37. The van der Waals surface area contributed by atoms with Crippen molar-refractivity contribution in [3.63, 3.8) is 0 Å². The predicted molar refractivity (Wildman–Crippen MR) is 57.2 cm³/mol. The Hall–Kier alpha value is -0.500. The second-order valence-corrected chi connectivity index (χ2v) is 5.03. The summed E-state index contributed by atoms with van der Waals surface area (Å²) in [6.07, 6.45) is 2.21. The van der Waals surface area contributed by atoms with Crippen molar-refractivity contribution < 1.29 is 4.74 Å². The molecule has 0 amide bonds. The Kier molecular flexibility index (Phi) is 2.11. The van der Waals surface area contributed by atoms with Gasteiger partial charge < -0.3 is 4.74 Å². The fourth-order valence-corrected chi connectivity index (χ4v) is 2.04. The molecule has 0 radical (unpaired) electrons. The predicted octanol–water partition coefficient (Wildman–Crippen LogP) is 3.55. The van der Waals surface area contributed by atoms with Gasteiger partial charge in [-0.15, -0.1) is 0 Å². The molecule has 0 fully saturated rings. The van der Waals surface area contributed by atoms with E-state index in [-0.39, 0.29) is 5.60 Å². The molecule has 1 heterocycles. The topological polar surface area (TPSA) is 9.23 Å². The second-order valence-electron chi connectivity index (χ2n) is 4.11. The number of ether oxygens (including phenoxy) is 1. The van der Waals surface area contributed by atoms with Crippen molar-refractivity contribution in [1.82, 2.24) is 0 Å². The third-order valence-corrected chi connectivity index (χ3v) is 2.90. The van der Waals surface area contributed by atoms with Gasteiger partial charge in [-0.2, -0.15) is 0 Å². The van der Waals surface area contributed by atoms with E-state index in [9.17, 15) is 0 Å². The van der Waals surface area contributed by atoms with Gasteiger partial charge in [-0.05, 0) is 50.5 Å². The van der Waals surface area contributed by atoms with E-state index in [0.29, 0.717) is 0 Å². The summed E-state index contributed by atoms with van der Waals surface area (Å²) in [7, 11) is 0. The van der Waals surface area contributed by atoms with Gasteiger partial charge in [0.15, 0.2) is 0 Å². The fraction of sp³-hybridized carbons (Fsp3) is 0.455. The van der Waals surface area contributed by atoms with E-state index in [1.165, 1.54) is 5.56 Å². The Morgan fingerprint density at radius 1 is 1.38 bits per heavy atom. The van der Waals surface area contributed by atoms with Crippen LogP contribution in [0.1, 0.15) is 25.8 Å². The molecule has 13 heavy (non-hydrogen) atoms. The fourth-order valence-electron chi connectivity index (χ4n) is 1.63. The third-order valence-electron chi connectivity index (χ3n) is 2.41. The van der Waals surface area contributed by atoms with E-state index in [1.807, 2.05) is 12.1 Å². The molecule has 0 N–H and O–H groups in total. The molecule has 1 aromatic rings. The van der Waals surface area contributed by atoms with Crippen LogP contribution in [0, 0.1) is 0 Å². The standard InChI is InChI=1S/C11H13BrO/c1-11(2)6-5-8-7-9(12)3-4-10(8)13-11/h3-4,7H,5-6H2,1-2H3. The molecule has 2 heteroatoms. The summed E-state index contributed by atoms with van der Waals surface area (Å²) in [6.45, 7) is 4.27. The van der Waals surface area contributed by atoms with Crippen molar-refractivity contribution in [2.75, 3.05) is 0 Å². The molecule has 70 valence electrons. The van der Waals surface area contributed by atoms with E-state index >= 15 is 0 Å². The van der Waals surface area contributed by atoms with Crippen LogP contribution in [0.2, 0.25) is 0 Å². The summed E-state index contributed by atoms with van der Waals surface area (Å²) in [4.78, 5) is 0. The van der Waals surface area contributed by atoms with Crippen molar-refractivity contribution in [2.45, 2.75) is 32.3 Å². The highest BCUT2D eigenvalue weighted by molar-refractivity contribution is 9.10. The number of halogens is 1. The van der Waals surface area contributed by atoms with E-state index in [4.69, 9.17) is 4.74 Å². The first-order chi connectivity index (χ1) is 6.07. The summed E-state index contributed by atoms with van der Waals surface area (Å²) < 4.78 is 6.99. The minimum absolute atomic E-state index is 0.000823. The maximum absolute atomic E-state index is 5.85. The Morgan fingerprint density at radius 3 is 2.92 bits per heavy atom. The molecule has 0 aliphatic carbocycles. The molecule has 1 aliphatic rings. The lowest BCUT2D eigenvalue weighted by atomic mass is 9.94. The maximum atomic E-state index is 5.85. The highest BCUT2D eigenvalue weighted by Gasteiger charge is 2.26. The van der Waals surface area contributed by atoms with Crippen molar-refractivity contribution in [2.24, 2.45) is 0 Å². The average molecular weight is 241 g/mol. The quantitative estimate of drug-likeness (QED) is 0.674. The van der Waals surface area contributed by atoms with Gasteiger partial charge in [-0.25, -0.2) is 0 Å². The van der Waals surface area contributed by atoms with Crippen LogP contribution >= 0.6 is 15.9 Å². The van der Waals surface area contributed by atoms with Gasteiger partial charge in [0.05, 0.1) is 0 Å². The van der Waals surface area contributed by atoms with Gasteiger partial charge in [0.25, 0.3) is 0 Å². The van der Waals surface area contributed by atoms with Crippen LogP contribution < -0.4 is 4.74 Å². The Bertz CT molecular complexity index is 331. The van der Waals surface area contributed by atoms with E-state index in [1.54, 1.807) is 0 Å². The average Bonchev–Trinajstić information content (AvgIpc) is 2.05. The lowest BCUT2D eigenvalue weighted by Crippen LogP contribution is -2.32. The normalized spacial score (nSPS) is 19.0. The zero-order chi connectivity index (χ0) is 9.47. The van der Waals surface area contributed by atoms with Crippen molar-refractivity contribution in [1.29, 1.82) is 0 Å². The first kappa shape index (κ1) is 9.07. The van der Waals surface area contributed by atoms with Crippen molar-refractivity contribution in [3.05, 3.63) is 28.2 Å². The molecular weight excluding hydrogens is 228 g/mol. The smallest absolute Gasteiger partial charge is 0.123 e. The summed E-state index contributed by atoms with van der Waals surface area (Å²) in [5.74, 6) is 1.04. The van der Waals surface area contributed by atoms with Gasteiger partial charge in [0.1, 0.15) is 11.4 Å². The molecule has 0 bridgehead atoms. The maximum Gasteiger partial charge on any atom is 0.123 e. The number of rotatable bonds is 0. The van der Waals surface area contributed by atoms with Gasteiger partial charge in [-0.1, -0.05) is 15.9 Å². The number of fused-ring (bicyclic) bond motifs is 1. The highest BCUT2D eigenvalue weighted by Crippen LogP contribution is 2.34. The summed E-state index contributed by atoms with van der Waals surface area (Å²) in [6, 6.07) is 6.21. The lowest BCUT2D eigenvalue weighted by molar-refractivity contribution is 0.0847. The molecule has 0 aromatic heterocycles. The molecule has 0 saturated carbocycles. The molecule has 0 atom stereocenters. The summed E-state index contributed by atoms with van der Waals surface area (Å²) >= 11 is 3.46. The van der Waals surface area contributed by atoms with Crippen LogP contribution in [0.15, 0.2) is 22.7 Å². The van der Waals surface area contributed by atoms with E-state index in [0.717, 1.165) is 23.1 Å². The first-order valence-electron chi connectivity index (χ1n) is 4.54. The molecular formula is C11H13BrO. The summed E-state index contributed by atoms with van der Waals surface area (Å²) in [5.41, 5.74) is 1.31. The van der Waals surface area contributed by atoms with Gasteiger partial charge >= 0.3 is 0 Å². The second kappa shape index (κ2) is 3.02. The van der Waals surface area contributed by atoms with Gasteiger partial charge in [0.2, 0.25) is 0 Å². The third kappa shape index (κ3) is 1.88. The van der Waals surface area contributed by atoms with Gasteiger partial charge in [-0.3, -0.25) is 0 Å². The van der Waals surface area contributed by atoms with Crippen LogP contribution in [0.25, 0.3) is 0 Å². The molecule has 1 aromatic carbocycles. The lowest BCUT2D eigenvalue weighted by Gasteiger charge is -2.32. The minimum atomic E-state index is 0.000823. The molecule has 0 spiro atoms. The van der Waals surface area contributed by atoms with Crippen LogP contribution in [0.3, 0.4) is 0 Å². The van der Waals surface area contributed by atoms with Crippen molar-refractivity contribution >= 4 is 15.9 Å². The summed E-state index contributed by atoms with van der Waals surface area (Å²) in [5, 5.41) is 0. The van der Waals surface area contributed by atoms with Gasteiger partial charge in [0, 0.05) is 4.47 Å². The van der Waals surface area contributed by atoms with E-state index < -0.39 is 0 Å². The van der Waals surface area contributed by atoms with Crippen LogP contribution in [-0.2, 0) is 6.42 Å². The van der Waals surface area contributed by atoms with Crippen LogP contribution in [-0.4, -0.2) is 5.60 Å². The minimum Gasteiger partial charge on any atom is -0.488 e. The molecule has 0 unspecified atom stereocenters. The molecule has 1 aliphatic heterocycles. The van der Waals surface area contributed by atoms with E-state index in [2.05, 4.69) is 35.8 Å². The van der Waals surface area contributed by atoms with Crippen molar-refractivity contribution in [3.8, 4) is 5.75 Å². The Morgan fingerprint density at radius 2 is 2.15 bits per heavy atom. The molecule has 1 nitrogen and oxygen atoms in total. The molecule has 2 rings (SSSR count). The number of hydrogen-bond acceptors (Lipinski definition) is 1. The highest BCUT2D eigenvalue weighted by atomic mass is 79.9. The number of benzene rings is 1. The van der Waals surface area contributed by atoms with Crippen LogP contribution in [0.4, 0.5) is 0 Å². The number of hydrogen-bond donors (Lipinski definition) is 0. The largest absolute Gasteiger partial charge is 0.488 e. The Labute approximate surface area is 87.2 Å². The molecule has 0 saturated heterocycles. The first-order valence-corrected chi connectivity index (χ1v) is 5.34. The number of aryl methyl sites for hydroxylation is 1. The van der Waals surface area contributed by atoms with Crippen LogP contribution in [0.5, 0.6) is 5.75 Å². The zero-order valence-corrected chi connectivity index (χ0v) is 9.52. The zero-order valence-electron chi connectivity index (χ0n) is 7.93.